The van der Waals surface area contributed by atoms with Crippen molar-refractivity contribution in [2.45, 2.75) is 0 Å². The zero-order chi connectivity index (χ0) is 32.0. The molecule has 18 heteroatoms. The molecule has 12 nitrogen and oxygen atoms in total. The summed E-state index contributed by atoms with van der Waals surface area (Å²) in [6, 6.07) is 8.48. The smallest absolute Gasteiger partial charge is 0.206 e. The van der Waals surface area contributed by atoms with E-state index < -0.39 is 114 Å². The van der Waals surface area contributed by atoms with Crippen LogP contribution in [0.5, 0.6) is 0 Å². The SMILES string of the molecule is N#CC(C#N)=C1C(c2nc(F)nc(F)n2)=C(C#N)c2c(F)c3c(c(F)c21)C(C#N)=C(c1nc(F)nc(F)n1)C3=C(C#N)C#N. The van der Waals surface area contributed by atoms with Crippen molar-refractivity contribution in [1.82, 2.24) is 29.9 Å². The first-order valence-corrected chi connectivity index (χ1v) is 11.2. The van der Waals surface area contributed by atoms with Gasteiger partial charge in [-0.3, -0.25) is 0 Å². The van der Waals surface area contributed by atoms with Crippen molar-refractivity contribution in [3.05, 3.63) is 81.0 Å². The molecule has 0 spiro atoms. The molecular formula is C26F6N12. The van der Waals surface area contributed by atoms with Crippen LogP contribution in [0.4, 0.5) is 26.3 Å². The van der Waals surface area contributed by atoms with Gasteiger partial charge in [0, 0.05) is 44.5 Å². The Bertz CT molecular complexity index is 2080. The highest BCUT2D eigenvalue weighted by Gasteiger charge is 2.45. The summed E-state index contributed by atoms with van der Waals surface area (Å²) in [5.74, 6) is -5.45. The number of fused-ring (bicyclic) bond motifs is 2. The van der Waals surface area contributed by atoms with Crippen molar-refractivity contribution in [3.63, 3.8) is 0 Å². The summed E-state index contributed by atoms with van der Waals surface area (Å²) in [5.41, 5.74) is -11.8. The molecule has 0 N–H and O–H groups in total. The molecule has 0 radical (unpaired) electrons. The highest BCUT2D eigenvalue weighted by Crippen LogP contribution is 2.56. The number of hydrogen-bond acceptors (Lipinski definition) is 12. The van der Waals surface area contributed by atoms with Gasteiger partial charge in [0.2, 0.25) is 0 Å². The van der Waals surface area contributed by atoms with Gasteiger partial charge in [-0.05, 0) is 0 Å². The number of nitrogens with zero attached hydrogens (tertiary/aromatic N) is 12. The van der Waals surface area contributed by atoms with Crippen LogP contribution in [0.2, 0.25) is 0 Å². The van der Waals surface area contributed by atoms with Crippen molar-refractivity contribution in [1.29, 1.82) is 31.6 Å². The first-order valence-electron chi connectivity index (χ1n) is 11.2. The second-order valence-electron chi connectivity index (χ2n) is 8.19. The van der Waals surface area contributed by atoms with Crippen LogP contribution in [-0.2, 0) is 0 Å². The van der Waals surface area contributed by atoms with E-state index in [-0.39, 0.29) is 0 Å². The second-order valence-corrected chi connectivity index (χ2v) is 8.19. The molecule has 0 saturated carbocycles. The number of nitriles is 6. The van der Waals surface area contributed by atoms with E-state index in [1.807, 2.05) is 0 Å². The van der Waals surface area contributed by atoms with Crippen LogP contribution in [0, 0.1) is 104 Å². The maximum atomic E-state index is 16.7. The summed E-state index contributed by atoms with van der Waals surface area (Å²) >= 11 is 0. The fraction of sp³-hybridized carbons (Fsp3) is 0. The third-order valence-electron chi connectivity index (χ3n) is 6.16. The van der Waals surface area contributed by atoms with Crippen molar-refractivity contribution >= 4 is 33.4 Å². The summed E-state index contributed by atoms with van der Waals surface area (Å²) in [6.45, 7) is 0. The highest BCUT2D eigenvalue weighted by atomic mass is 19.2. The zero-order valence-corrected chi connectivity index (χ0v) is 20.6. The van der Waals surface area contributed by atoms with Crippen LogP contribution in [-0.4, -0.2) is 29.9 Å². The molecule has 206 valence electrons. The second kappa shape index (κ2) is 10.3. The number of benzene rings is 1. The standard InChI is InChI=1S/C26F6N12/c27-19-14-10(6-38)16(22-41-25(31)44-26(32)42-22)12(8(3-35)4-36)18(14)20(28)13-9(5-37)15(11(17(13)19)7(1-33)2-34)21-39-23(29)43-24(30)40-21. The topological polar surface area (TPSA) is 220 Å². The third kappa shape index (κ3) is 3.89. The minimum atomic E-state index is -1.75. The number of allylic oxidation sites excluding steroid dienone is 8. The summed E-state index contributed by atoms with van der Waals surface area (Å²) < 4.78 is 89.3. The molecule has 2 aliphatic rings. The van der Waals surface area contributed by atoms with Gasteiger partial charge in [0.05, 0.1) is 11.1 Å². The summed E-state index contributed by atoms with van der Waals surface area (Å²) in [7, 11) is 0. The van der Waals surface area contributed by atoms with Crippen LogP contribution < -0.4 is 0 Å². The van der Waals surface area contributed by atoms with Gasteiger partial charge in [-0.2, -0.15) is 79.0 Å². The van der Waals surface area contributed by atoms with E-state index in [1.54, 1.807) is 0 Å². The van der Waals surface area contributed by atoms with Gasteiger partial charge < -0.3 is 0 Å². The average Bonchev–Trinajstić information content (AvgIpc) is 3.51. The Morgan fingerprint density at radius 2 is 0.727 bits per heavy atom. The van der Waals surface area contributed by atoms with Crippen molar-refractivity contribution in [2.75, 3.05) is 0 Å². The molecule has 2 aliphatic carbocycles. The molecule has 0 unspecified atom stereocenters. The number of rotatable bonds is 2. The van der Waals surface area contributed by atoms with Crippen LogP contribution in [0.25, 0.3) is 33.4 Å². The Morgan fingerprint density at radius 1 is 0.432 bits per heavy atom. The lowest BCUT2D eigenvalue weighted by molar-refractivity contribution is 0.451. The van der Waals surface area contributed by atoms with Gasteiger partial charge in [0.15, 0.2) is 11.6 Å². The van der Waals surface area contributed by atoms with Gasteiger partial charge in [0.1, 0.15) is 59.2 Å². The zero-order valence-electron chi connectivity index (χ0n) is 20.6. The van der Waals surface area contributed by atoms with Crippen LogP contribution in [0.3, 0.4) is 0 Å². The molecule has 3 aromatic rings. The first-order chi connectivity index (χ1) is 21.1. The lowest BCUT2D eigenvalue weighted by atomic mass is 9.90. The van der Waals surface area contributed by atoms with Gasteiger partial charge in [-0.1, -0.05) is 0 Å². The van der Waals surface area contributed by atoms with E-state index in [4.69, 9.17) is 0 Å². The molecule has 0 fully saturated rings. The van der Waals surface area contributed by atoms with Crippen molar-refractivity contribution < 1.29 is 26.3 Å². The lowest BCUT2D eigenvalue weighted by Gasteiger charge is -2.13. The van der Waals surface area contributed by atoms with Gasteiger partial charge >= 0.3 is 24.3 Å². The Kier molecular flexibility index (Phi) is 6.60. The number of aromatic nitrogens is 6. The average molecular weight is 594 g/mol. The molecule has 44 heavy (non-hydrogen) atoms. The van der Waals surface area contributed by atoms with Crippen molar-refractivity contribution in [2.24, 2.45) is 0 Å². The molecule has 5 rings (SSSR count). The first kappa shape index (κ1) is 28.3. The maximum Gasteiger partial charge on any atom is 0.314 e. The number of hydrogen-bond donors (Lipinski definition) is 0. The molecule has 0 saturated heterocycles. The molecule has 0 aliphatic heterocycles. The third-order valence-corrected chi connectivity index (χ3v) is 6.16. The highest BCUT2D eigenvalue weighted by molar-refractivity contribution is 6.29. The van der Waals surface area contributed by atoms with Gasteiger partial charge in [-0.15, -0.1) is 0 Å². The van der Waals surface area contributed by atoms with Gasteiger partial charge in [-0.25, -0.2) is 8.78 Å². The molecule has 2 aromatic heterocycles. The predicted octanol–water partition coefficient (Wildman–Crippen LogP) is 3.39. The van der Waals surface area contributed by atoms with E-state index in [0.717, 1.165) is 0 Å². The largest absolute Gasteiger partial charge is 0.314 e. The van der Waals surface area contributed by atoms with Crippen LogP contribution >= 0.6 is 0 Å². The molecule has 2 heterocycles. The van der Waals surface area contributed by atoms with E-state index in [2.05, 4.69) is 29.9 Å². The fourth-order valence-electron chi connectivity index (χ4n) is 4.70. The molecule has 0 amide bonds. The van der Waals surface area contributed by atoms with E-state index >= 15 is 8.78 Å². The van der Waals surface area contributed by atoms with E-state index in [1.165, 1.54) is 36.4 Å². The molecule has 0 bridgehead atoms. The lowest BCUT2D eigenvalue weighted by Crippen LogP contribution is -2.06. The van der Waals surface area contributed by atoms with E-state index in [0.29, 0.717) is 0 Å². The van der Waals surface area contributed by atoms with Crippen LogP contribution in [0.15, 0.2) is 11.1 Å². The molecule has 1 aromatic carbocycles. The Morgan fingerprint density at radius 3 is 0.977 bits per heavy atom. The summed E-state index contributed by atoms with van der Waals surface area (Å²) in [6.07, 6.45) is -7.00. The molecule has 0 atom stereocenters. The maximum absolute atomic E-state index is 16.7. The van der Waals surface area contributed by atoms with Crippen LogP contribution in [0.1, 0.15) is 33.9 Å². The Hall–Kier alpha value is -7.28. The molecular weight excluding hydrogens is 594 g/mol. The minimum absolute atomic E-state index is 0.877. The normalized spacial score (nSPS) is 12.8. The fourth-order valence-corrected chi connectivity index (χ4v) is 4.70. The number of halogens is 6. The van der Waals surface area contributed by atoms with E-state index in [9.17, 15) is 49.1 Å². The Balaban J connectivity index is 2.05. The van der Waals surface area contributed by atoms with Gasteiger partial charge in [0.25, 0.3) is 0 Å². The minimum Gasteiger partial charge on any atom is -0.206 e. The monoisotopic (exact) mass is 594 g/mol. The summed E-state index contributed by atoms with van der Waals surface area (Å²) in [4.78, 5) is 18.2. The summed E-state index contributed by atoms with van der Waals surface area (Å²) in [5, 5.41) is 58.5. The predicted molar refractivity (Wildman–Crippen MR) is 127 cm³/mol. The van der Waals surface area contributed by atoms with Crippen molar-refractivity contribution in [3.8, 4) is 36.4 Å². The Labute approximate surface area is 239 Å². The quantitative estimate of drug-likeness (QED) is 0.308.